The molecule has 2 aliphatic heterocycles. The van der Waals surface area contributed by atoms with E-state index in [9.17, 15) is 14.4 Å². The summed E-state index contributed by atoms with van der Waals surface area (Å²) < 4.78 is 0. The second kappa shape index (κ2) is 6.35. The highest BCUT2D eigenvalue weighted by Crippen LogP contribution is 2.36. The van der Waals surface area contributed by atoms with Gasteiger partial charge in [-0.1, -0.05) is 12.8 Å². The van der Waals surface area contributed by atoms with Crippen molar-refractivity contribution in [1.29, 1.82) is 0 Å². The molecule has 1 saturated carbocycles. The van der Waals surface area contributed by atoms with Gasteiger partial charge >= 0.3 is 6.03 Å². The number of imide groups is 1. The molecule has 4 amide bonds. The lowest BCUT2D eigenvalue weighted by molar-refractivity contribution is -0.145. The lowest BCUT2D eigenvalue weighted by Crippen LogP contribution is -2.58. The minimum absolute atomic E-state index is 0.0186. The Kier molecular flexibility index (Phi) is 4.55. The number of carbonyl (C=O) groups excluding carboxylic acids is 3. The molecule has 2 heterocycles. The summed E-state index contributed by atoms with van der Waals surface area (Å²) in [5.41, 5.74) is 5.27. The molecular formula is C17H28N4O3. The third kappa shape index (κ3) is 2.68. The van der Waals surface area contributed by atoms with Crippen molar-refractivity contribution < 1.29 is 14.4 Å². The highest BCUT2D eigenvalue weighted by molar-refractivity contribution is 6.10. The van der Waals surface area contributed by atoms with E-state index in [1.54, 1.807) is 11.8 Å². The van der Waals surface area contributed by atoms with E-state index in [0.717, 1.165) is 37.0 Å². The molecule has 134 valence electrons. The third-order valence-electron chi connectivity index (χ3n) is 5.83. The summed E-state index contributed by atoms with van der Waals surface area (Å²) in [6.45, 7) is 4.20. The molecule has 3 atom stereocenters. The number of likely N-dealkylation sites (tertiary alicyclic amines) is 1. The number of urea groups is 1. The molecule has 0 aromatic carbocycles. The Labute approximate surface area is 142 Å². The molecule has 0 radical (unpaired) electrons. The molecule has 0 aromatic rings. The van der Waals surface area contributed by atoms with Gasteiger partial charge in [0.2, 0.25) is 5.91 Å². The highest BCUT2D eigenvalue weighted by Gasteiger charge is 2.55. The molecule has 2 saturated heterocycles. The number of rotatable bonds is 3. The van der Waals surface area contributed by atoms with Gasteiger partial charge in [0.15, 0.2) is 0 Å². The summed E-state index contributed by atoms with van der Waals surface area (Å²) >= 11 is 0. The van der Waals surface area contributed by atoms with Gasteiger partial charge in [0, 0.05) is 18.6 Å². The Hall–Kier alpha value is -1.63. The number of hydrogen-bond acceptors (Lipinski definition) is 4. The fourth-order valence-electron chi connectivity index (χ4n) is 4.44. The average molecular weight is 336 g/mol. The first-order chi connectivity index (χ1) is 11.4. The van der Waals surface area contributed by atoms with Gasteiger partial charge in [0.05, 0.1) is 0 Å². The summed E-state index contributed by atoms with van der Waals surface area (Å²) in [7, 11) is 0. The molecule has 7 nitrogen and oxygen atoms in total. The Bertz CT molecular complexity index is 542. The smallest absolute Gasteiger partial charge is 0.325 e. The predicted octanol–water partition coefficient (Wildman–Crippen LogP) is 0.968. The normalized spacial score (nSPS) is 29.0. The highest BCUT2D eigenvalue weighted by atomic mass is 16.2. The molecule has 0 aromatic heterocycles. The van der Waals surface area contributed by atoms with Crippen molar-refractivity contribution in [1.82, 2.24) is 15.1 Å². The Morgan fingerprint density at radius 2 is 1.88 bits per heavy atom. The third-order valence-corrected chi connectivity index (χ3v) is 5.83. The molecule has 3 unspecified atom stereocenters. The number of amides is 4. The zero-order chi connectivity index (χ0) is 17.5. The van der Waals surface area contributed by atoms with Crippen LogP contribution in [0.25, 0.3) is 0 Å². The molecule has 1 aliphatic carbocycles. The average Bonchev–Trinajstić information content (AvgIpc) is 3.12. The minimum Gasteiger partial charge on any atom is -0.336 e. The summed E-state index contributed by atoms with van der Waals surface area (Å²) in [4.78, 5) is 41.1. The first-order valence-corrected chi connectivity index (χ1v) is 9.09. The predicted molar refractivity (Wildman–Crippen MR) is 89.0 cm³/mol. The van der Waals surface area contributed by atoms with Crippen LogP contribution in [0.1, 0.15) is 58.8 Å². The second-order valence-corrected chi connectivity index (χ2v) is 7.52. The monoisotopic (exact) mass is 336 g/mol. The van der Waals surface area contributed by atoms with Gasteiger partial charge in [0.1, 0.15) is 11.6 Å². The number of nitrogens with two attached hydrogens (primary N) is 1. The van der Waals surface area contributed by atoms with E-state index in [0.29, 0.717) is 19.4 Å². The van der Waals surface area contributed by atoms with E-state index >= 15 is 0 Å². The summed E-state index contributed by atoms with van der Waals surface area (Å²) in [6.07, 6.45) is 6.06. The van der Waals surface area contributed by atoms with Crippen molar-refractivity contribution in [2.24, 2.45) is 5.73 Å². The van der Waals surface area contributed by atoms with Crippen LogP contribution in [0, 0.1) is 0 Å². The first-order valence-electron chi connectivity index (χ1n) is 9.09. The van der Waals surface area contributed by atoms with Crippen molar-refractivity contribution in [3.8, 4) is 0 Å². The van der Waals surface area contributed by atoms with Crippen LogP contribution in [0.2, 0.25) is 0 Å². The Balaban J connectivity index is 1.77. The fourth-order valence-corrected chi connectivity index (χ4v) is 4.44. The van der Waals surface area contributed by atoms with Crippen LogP contribution in [-0.4, -0.2) is 57.9 Å². The summed E-state index contributed by atoms with van der Waals surface area (Å²) in [5.74, 6) is -0.407. The lowest BCUT2D eigenvalue weighted by atomic mass is 9.95. The number of piperidine rings is 1. The molecule has 3 fully saturated rings. The maximum Gasteiger partial charge on any atom is 0.325 e. The molecule has 3 N–H and O–H groups in total. The Morgan fingerprint density at radius 3 is 2.50 bits per heavy atom. The molecule has 1 spiro atoms. The van der Waals surface area contributed by atoms with Crippen LogP contribution < -0.4 is 11.1 Å². The zero-order valence-electron chi connectivity index (χ0n) is 14.6. The van der Waals surface area contributed by atoms with Crippen molar-refractivity contribution in [2.45, 2.75) is 82.5 Å². The van der Waals surface area contributed by atoms with Gasteiger partial charge in [-0.2, -0.15) is 0 Å². The maximum atomic E-state index is 13.0. The van der Waals surface area contributed by atoms with Gasteiger partial charge < -0.3 is 16.0 Å². The van der Waals surface area contributed by atoms with Gasteiger partial charge in [-0.3, -0.25) is 9.59 Å². The van der Waals surface area contributed by atoms with E-state index in [2.05, 4.69) is 5.32 Å². The van der Waals surface area contributed by atoms with Crippen LogP contribution in [0.4, 0.5) is 4.79 Å². The summed E-state index contributed by atoms with van der Waals surface area (Å²) in [5, 5.41) is 2.84. The van der Waals surface area contributed by atoms with E-state index in [4.69, 9.17) is 5.73 Å². The summed E-state index contributed by atoms with van der Waals surface area (Å²) in [6, 6.07) is -1.35. The van der Waals surface area contributed by atoms with Crippen LogP contribution >= 0.6 is 0 Å². The topological polar surface area (TPSA) is 95.7 Å². The first kappa shape index (κ1) is 17.2. The standard InChI is InChI=1S/C17H28N4O3/c1-11(18)13-7-3-6-10-20(13)14(22)12(2)21-15(23)17(19-16(21)24)8-4-5-9-17/h11-13H,3-10,18H2,1-2H3,(H,19,24). The number of nitrogens with one attached hydrogen (secondary N) is 1. The molecular weight excluding hydrogens is 308 g/mol. The van der Waals surface area contributed by atoms with Crippen molar-refractivity contribution in [3.63, 3.8) is 0 Å². The Morgan fingerprint density at radius 1 is 1.21 bits per heavy atom. The zero-order valence-corrected chi connectivity index (χ0v) is 14.6. The fraction of sp³-hybridized carbons (Fsp3) is 0.824. The minimum atomic E-state index is -0.781. The van der Waals surface area contributed by atoms with E-state index < -0.39 is 17.6 Å². The number of nitrogens with zero attached hydrogens (tertiary/aromatic N) is 2. The van der Waals surface area contributed by atoms with Crippen molar-refractivity contribution in [2.75, 3.05) is 6.54 Å². The van der Waals surface area contributed by atoms with Crippen molar-refractivity contribution in [3.05, 3.63) is 0 Å². The largest absolute Gasteiger partial charge is 0.336 e. The van der Waals surface area contributed by atoms with Crippen LogP contribution in [0.5, 0.6) is 0 Å². The van der Waals surface area contributed by atoms with E-state index in [1.807, 2.05) is 6.92 Å². The lowest BCUT2D eigenvalue weighted by Gasteiger charge is -2.40. The van der Waals surface area contributed by atoms with Gasteiger partial charge in [-0.05, 0) is 46.0 Å². The quantitative estimate of drug-likeness (QED) is 0.751. The van der Waals surface area contributed by atoms with E-state index in [-0.39, 0.29) is 23.9 Å². The second-order valence-electron chi connectivity index (χ2n) is 7.52. The van der Waals surface area contributed by atoms with Gasteiger partial charge in [-0.15, -0.1) is 0 Å². The SMILES string of the molecule is CC(N)C1CCCCN1C(=O)C(C)N1C(=O)NC2(CCCC2)C1=O. The molecule has 24 heavy (non-hydrogen) atoms. The molecule has 0 bridgehead atoms. The molecule has 3 aliphatic rings. The van der Waals surface area contributed by atoms with Crippen LogP contribution in [0.15, 0.2) is 0 Å². The maximum absolute atomic E-state index is 13.0. The van der Waals surface area contributed by atoms with Crippen LogP contribution in [0.3, 0.4) is 0 Å². The van der Waals surface area contributed by atoms with Crippen LogP contribution in [-0.2, 0) is 9.59 Å². The van der Waals surface area contributed by atoms with Gasteiger partial charge in [-0.25, -0.2) is 9.69 Å². The van der Waals surface area contributed by atoms with Crippen molar-refractivity contribution >= 4 is 17.8 Å². The molecule has 7 heteroatoms. The molecule has 3 rings (SSSR count). The number of hydrogen-bond donors (Lipinski definition) is 2. The number of carbonyl (C=O) groups is 3. The van der Waals surface area contributed by atoms with Gasteiger partial charge in [0.25, 0.3) is 5.91 Å². The van der Waals surface area contributed by atoms with E-state index in [1.165, 1.54) is 0 Å².